The summed E-state index contributed by atoms with van der Waals surface area (Å²) in [4.78, 5) is 11.2. The second kappa shape index (κ2) is 5.21. The second-order valence-corrected chi connectivity index (χ2v) is 4.10. The van der Waals surface area contributed by atoms with Gasteiger partial charge in [0.15, 0.2) is 0 Å². The van der Waals surface area contributed by atoms with E-state index in [1.807, 2.05) is 18.2 Å². The van der Waals surface area contributed by atoms with Gasteiger partial charge in [-0.25, -0.2) is 0 Å². The highest BCUT2D eigenvalue weighted by molar-refractivity contribution is 6.17. The third-order valence-electron chi connectivity index (χ3n) is 2.54. The molecule has 0 unspecified atom stereocenters. The van der Waals surface area contributed by atoms with Crippen LogP contribution in [0.2, 0.25) is 0 Å². The van der Waals surface area contributed by atoms with Crippen LogP contribution in [0.4, 0.5) is 5.69 Å². The lowest BCUT2D eigenvalue weighted by atomic mass is 10.0. The Morgan fingerprint density at radius 3 is 3.06 bits per heavy atom. The number of amides is 1. The maximum atomic E-state index is 11.2. The molecular weight excluding hydrogens is 226 g/mol. The molecule has 3 nitrogen and oxygen atoms in total. The molecule has 0 aliphatic carbocycles. The van der Waals surface area contributed by atoms with E-state index in [1.165, 1.54) is 0 Å². The Labute approximate surface area is 99.7 Å². The SMILES string of the molecule is O=C1CCc2c(cccc2OCCCCl)N1. The maximum absolute atomic E-state index is 11.2. The molecule has 0 saturated carbocycles. The molecule has 0 saturated heterocycles. The number of alkyl halides is 1. The predicted octanol–water partition coefficient (Wildman–Crippen LogP) is 2.58. The van der Waals surface area contributed by atoms with Crippen molar-refractivity contribution in [2.45, 2.75) is 19.3 Å². The molecule has 1 aromatic carbocycles. The molecule has 16 heavy (non-hydrogen) atoms. The van der Waals surface area contributed by atoms with Crippen LogP contribution < -0.4 is 10.1 Å². The molecule has 0 fully saturated rings. The summed E-state index contributed by atoms with van der Waals surface area (Å²) >= 11 is 5.59. The van der Waals surface area contributed by atoms with Crippen LogP contribution in [0.15, 0.2) is 18.2 Å². The molecule has 86 valence electrons. The topological polar surface area (TPSA) is 38.3 Å². The summed E-state index contributed by atoms with van der Waals surface area (Å²) in [7, 11) is 0. The molecule has 0 radical (unpaired) electrons. The number of fused-ring (bicyclic) bond motifs is 1. The fourth-order valence-electron chi connectivity index (χ4n) is 1.76. The lowest BCUT2D eigenvalue weighted by molar-refractivity contribution is -0.116. The molecule has 1 amide bonds. The number of hydrogen-bond donors (Lipinski definition) is 1. The average molecular weight is 240 g/mol. The van der Waals surface area contributed by atoms with Crippen LogP contribution in [-0.2, 0) is 11.2 Å². The Kier molecular flexibility index (Phi) is 3.67. The van der Waals surface area contributed by atoms with Crippen LogP contribution in [0.3, 0.4) is 0 Å². The van der Waals surface area contributed by atoms with Crippen LogP contribution in [0.5, 0.6) is 5.75 Å². The molecule has 0 atom stereocenters. The van der Waals surface area contributed by atoms with Crippen molar-refractivity contribution in [1.29, 1.82) is 0 Å². The summed E-state index contributed by atoms with van der Waals surface area (Å²) in [6, 6.07) is 5.73. The third-order valence-corrected chi connectivity index (χ3v) is 2.81. The highest BCUT2D eigenvalue weighted by Crippen LogP contribution is 2.30. The van der Waals surface area contributed by atoms with Gasteiger partial charge in [0, 0.05) is 23.6 Å². The summed E-state index contributed by atoms with van der Waals surface area (Å²) in [6.07, 6.45) is 2.11. The summed E-state index contributed by atoms with van der Waals surface area (Å²) in [5.74, 6) is 1.54. The van der Waals surface area contributed by atoms with Crippen LogP contribution >= 0.6 is 11.6 Å². The fourth-order valence-corrected chi connectivity index (χ4v) is 1.87. The van der Waals surface area contributed by atoms with E-state index in [4.69, 9.17) is 16.3 Å². The van der Waals surface area contributed by atoms with Crippen molar-refractivity contribution in [1.82, 2.24) is 0 Å². The Morgan fingerprint density at radius 2 is 2.25 bits per heavy atom. The van der Waals surface area contributed by atoms with E-state index >= 15 is 0 Å². The maximum Gasteiger partial charge on any atom is 0.224 e. The van der Waals surface area contributed by atoms with Gasteiger partial charge in [0.2, 0.25) is 5.91 Å². The van der Waals surface area contributed by atoms with Crippen molar-refractivity contribution in [2.75, 3.05) is 17.8 Å². The number of ether oxygens (including phenoxy) is 1. The van der Waals surface area contributed by atoms with E-state index < -0.39 is 0 Å². The van der Waals surface area contributed by atoms with E-state index in [0.29, 0.717) is 18.9 Å². The zero-order valence-electron chi connectivity index (χ0n) is 8.96. The number of carbonyl (C=O) groups is 1. The number of benzene rings is 1. The first-order chi connectivity index (χ1) is 7.81. The van der Waals surface area contributed by atoms with Gasteiger partial charge in [-0.05, 0) is 25.0 Å². The smallest absolute Gasteiger partial charge is 0.224 e. The van der Waals surface area contributed by atoms with E-state index in [9.17, 15) is 4.79 Å². The van der Waals surface area contributed by atoms with Gasteiger partial charge in [-0.3, -0.25) is 4.79 Å². The molecule has 1 aromatic rings. The monoisotopic (exact) mass is 239 g/mol. The minimum atomic E-state index is 0.0745. The summed E-state index contributed by atoms with van der Waals surface area (Å²) in [5.41, 5.74) is 1.97. The van der Waals surface area contributed by atoms with Gasteiger partial charge in [-0.2, -0.15) is 0 Å². The number of halogens is 1. The van der Waals surface area contributed by atoms with Crippen LogP contribution in [0, 0.1) is 0 Å². The van der Waals surface area contributed by atoms with Crippen molar-refractivity contribution in [2.24, 2.45) is 0 Å². The largest absolute Gasteiger partial charge is 0.493 e. The van der Waals surface area contributed by atoms with E-state index in [2.05, 4.69) is 5.32 Å². The fraction of sp³-hybridized carbons (Fsp3) is 0.417. The Morgan fingerprint density at radius 1 is 1.38 bits per heavy atom. The lowest BCUT2D eigenvalue weighted by Crippen LogP contribution is -2.19. The number of hydrogen-bond acceptors (Lipinski definition) is 2. The first kappa shape index (κ1) is 11.3. The van der Waals surface area contributed by atoms with E-state index in [1.54, 1.807) is 0 Å². The van der Waals surface area contributed by atoms with Gasteiger partial charge in [0.25, 0.3) is 0 Å². The summed E-state index contributed by atoms with van der Waals surface area (Å²) in [5, 5.41) is 2.85. The van der Waals surface area contributed by atoms with Gasteiger partial charge in [0.1, 0.15) is 5.75 Å². The first-order valence-electron chi connectivity index (χ1n) is 5.42. The zero-order valence-corrected chi connectivity index (χ0v) is 9.72. The van der Waals surface area contributed by atoms with E-state index in [-0.39, 0.29) is 5.91 Å². The van der Waals surface area contributed by atoms with Gasteiger partial charge < -0.3 is 10.1 Å². The number of anilines is 1. The van der Waals surface area contributed by atoms with Gasteiger partial charge in [-0.15, -0.1) is 11.6 Å². The third kappa shape index (κ3) is 2.47. The van der Waals surface area contributed by atoms with Crippen LogP contribution in [0.1, 0.15) is 18.4 Å². The quantitative estimate of drug-likeness (QED) is 0.648. The molecule has 1 aliphatic rings. The second-order valence-electron chi connectivity index (χ2n) is 3.72. The highest BCUT2D eigenvalue weighted by Gasteiger charge is 2.17. The zero-order chi connectivity index (χ0) is 11.4. The minimum Gasteiger partial charge on any atom is -0.493 e. The standard InChI is InChI=1S/C12H14ClNO2/c13-7-2-8-16-11-4-1-3-10-9(11)5-6-12(15)14-10/h1,3-4H,2,5-8H2,(H,14,15). The molecule has 2 rings (SSSR count). The molecule has 1 N–H and O–H groups in total. The van der Waals surface area contributed by atoms with E-state index in [0.717, 1.165) is 29.8 Å². The molecule has 1 aliphatic heterocycles. The Hall–Kier alpha value is -1.22. The highest BCUT2D eigenvalue weighted by atomic mass is 35.5. The van der Waals surface area contributed by atoms with Crippen molar-refractivity contribution in [3.05, 3.63) is 23.8 Å². The van der Waals surface area contributed by atoms with Crippen LogP contribution in [0.25, 0.3) is 0 Å². The normalized spacial score (nSPS) is 14.2. The summed E-state index contributed by atoms with van der Waals surface area (Å²) in [6.45, 7) is 0.619. The number of carbonyl (C=O) groups excluding carboxylic acids is 1. The number of nitrogens with one attached hydrogen (secondary N) is 1. The molecule has 0 bridgehead atoms. The average Bonchev–Trinajstić information content (AvgIpc) is 2.29. The lowest BCUT2D eigenvalue weighted by Gasteiger charge is -2.19. The van der Waals surface area contributed by atoms with Gasteiger partial charge in [0.05, 0.1) is 6.61 Å². The molecule has 0 spiro atoms. The van der Waals surface area contributed by atoms with Crippen LogP contribution in [-0.4, -0.2) is 18.4 Å². The molecule has 1 heterocycles. The van der Waals surface area contributed by atoms with Crippen molar-refractivity contribution in [3.8, 4) is 5.75 Å². The van der Waals surface area contributed by atoms with Crippen molar-refractivity contribution < 1.29 is 9.53 Å². The van der Waals surface area contributed by atoms with Gasteiger partial charge in [-0.1, -0.05) is 6.07 Å². The van der Waals surface area contributed by atoms with Gasteiger partial charge >= 0.3 is 0 Å². The predicted molar refractivity (Wildman–Crippen MR) is 64.2 cm³/mol. The van der Waals surface area contributed by atoms with Crippen molar-refractivity contribution in [3.63, 3.8) is 0 Å². The Balaban J connectivity index is 2.13. The minimum absolute atomic E-state index is 0.0745. The molecular formula is C12H14ClNO2. The number of rotatable bonds is 4. The summed E-state index contributed by atoms with van der Waals surface area (Å²) < 4.78 is 5.64. The molecule has 0 aromatic heterocycles. The van der Waals surface area contributed by atoms with Crippen molar-refractivity contribution >= 4 is 23.2 Å². The Bertz CT molecular complexity index is 393. The first-order valence-corrected chi connectivity index (χ1v) is 5.95. The molecule has 4 heteroatoms.